The number of allylic oxidation sites excluding steroid dienone is 3. The number of hydrogen-bond donors (Lipinski definition) is 2. The number of carbonyl (C=O) groups excluding carboxylic acids is 1. The Balaban J connectivity index is 4.05. The maximum absolute atomic E-state index is 13.0. The molecule has 0 radical (unpaired) electrons. The fraction of sp³-hybridized carbons (Fsp3) is 0.931. The molecule has 482 valence electrons. The molecule has 2 N–H and O–H groups in total. The minimum Gasteiger partial charge on any atom is -0.756 e. The Labute approximate surface area is 506 Å². The number of quaternary nitrogens is 1. The second-order valence-corrected chi connectivity index (χ2v) is 27.7. The summed E-state index contributed by atoms with van der Waals surface area (Å²) in [6, 6.07) is -0.902. The summed E-state index contributed by atoms with van der Waals surface area (Å²) in [5.41, 5.74) is 0. The van der Waals surface area contributed by atoms with Crippen LogP contribution in [-0.4, -0.2) is 68.5 Å². The smallest absolute Gasteiger partial charge is 0.268 e. The first-order chi connectivity index (χ1) is 39.5. The molecule has 0 aliphatic rings. The largest absolute Gasteiger partial charge is 0.756 e. The van der Waals surface area contributed by atoms with Crippen molar-refractivity contribution >= 4 is 13.7 Å². The first-order valence-corrected chi connectivity index (χ1v) is 37.7. The molecule has 0 aromatic carbocycles. The van der Waals surface area contributed by atoms with E-state index in [4.69, 9.17) is 9.05 Å². The van der Waals surface area contributed by atoms with Gasteiger partial charge in [0.05, 0.1) is 39.9 Å². The number of carbonyl (C=O) groups is 1. The van der Waals surface area contributed by atoms with Crippen LogP contribution in [0, 0.1) is 0 Å². The third-order valence-electron chi connectivity index (χ3n) is 16.9. The summed E-state index contributed by atoms with van der Waals surface area (Å²) in [6.45, 7) is 4.70. The van der Waals surface area contributed by atoms with E-state index in [1.54, 1.807) is 6.08 Å². The van der Waals surface area contributed by atoms with Gasteiger partial charge in [0.2, 0.25) is 5.91 Å². The average molecular weight is 1160 g/mol. The van der Waals surface area contributed by atoms with E-state index in [-0.39, 0.29) is 19.1 Å². The molecular formula is C72H143N2O6P. The summed E-state index contributed by atoms with van der Waals surface area (Å²) in [5.74, 6) is -0.198. The normalized spacial score (nSPS) is 13.7. The molecule has 0 spiro atoms. The standard InChI is InChI=1S/C72H143N2O6P/c1-6-8-10-12-14-16-18-20-22-24-26-28-30-32-34-36-38-40-42-44-46-48-50-52-54-56-58-60-62-64-66-72(76)73-70(69-80-81(77,78)79-68-67-74(3,4)5)71(75)65-63-61-59-57-55-53-51-49-47-45-43-41-39-37-35-33-31-29-27-25-23-21-19-17-15-13-11-9-7-2/h55,57,63,65,70-71,75H,6-54,56,58-62,64,66-69H2,1-5H3,(H-,73,76,77,78)/b57-55+,65-63+. The Morgan fingerprint density at radius 2 is 0.691 bits per heavy atom. The fourth-order valence-electron chi connectivity index (χ4n) is 11.3. The molecule has 0 saturated heterocycles. The van der Waals surface area contributed by atoms with Gasteiger partial charge >= 0.3 is 0 Å². The van der Waals surface area contributed by atoms with E-state index in [1.165, 1.54) is 321 Å². The molecule has 8 nitrogen and oxygen atoms in total. The number of likely N-dealkylation sites (N-methyl/N-ethyl adjacent to an activating group) is 1. The van der Waals surface area contributed by atoms with E-state index in [0.717, 1.165) is 38.5 Å². The van der Waals surface area contributed by atoms with Gasteiger partial charge in [-0.05, 0) is 32.1 Å². The van der Waals surface area contributed by atoms with Crippen molar-refractivity contribution in [2.45, 2.75) is 392 Å². The van der Waals surface area contributed by atoms with E-state index < -0.39 is 20.0 Å². The van der Waals surface area contributed by atoms with Gasteiger partial charge in [-0.15, -0.1) is 0 Å². The first kappa shape index (κ1) is 80.0. The number of aliphatic hydroxyl groups excluding tert-OH is 1. The highest BCUT2D eigenvalue weighted by atomic mass is 31.2. The number of rotatable bonds is 68. The molecular weight excluding hydrogens is 1020 g/mol. The van der Waals surface area contributed by atoms with Gasteiger partial charge in [0.25, 0.3) is 7.82 Å². The van der Waals surface area contributed by atoms with E-state index in [1.807, 2.05) is 27.2 Å². The predicted molar refractivity (Wildman–Crippen MR) is 353 cm³/mol. The summed E-state index contributed by atoms with van der Waals surface area (Å²) < 4.78 is 23.5. The molecule has 0 bridgehead atoms. The van der Waals surface area contributed by atoms with Gasteiger partial charge in [-0.3, -0.25) is 9.36 Å². The molecule has 0 aromatic heterocycles. The van der Waals surface area contributed by atoms with Crippen LogP contribution in [0.5, 0.6) is 0 Å². The van der Waals surface area contributed by atoms with Gasteiger partial charge in [0, 0.05) is 6.42 Å². The number of amides is 1. The number of nitrogens with zero attached hydrogens (tertiary/aromatic N) is 1. The number of aliphatic hydroxyl groups is 1. The van der Waals surface area contributed by atoms with Crippen LogP contribution in [0.25, 0.3) is 0 Å². The van der Waals surface area contributed by atoms with Crippen molar-refractivity contribution < 1.29 is 32.9 Å². The molecule has 0 saturated carbocycles. The summed E-state index contributed by atoms with van der Waals surface area (Å²) in [6.07, 6.45) is 83.2. The number of unbranched alkanes of at least 4 members (excludes halogenated alkanes) is 53. The fourth-order valence-corrected chi connectivity index (χ4v) is 12.0. The molecule has 0 fully saturated rings. The Morgan fingerprint density at radius 3 is 1.00 bits per heavy atom. The van der Waals surface area contributed by atoms with Crippen LogP contribution in [0.15, 0.2) is 24.3 Å². The van der Waals surface area contributed by atoms with Crippen LogP contribution in [-0.2, 0) is 18.4 Å². The molecule has 0 aliphatic carbocycles. The topological polar surface area (TPSA) is 108 Å². The van der Waals surface area contributed by atoms with Gasteiger partial charge in [-0.2, -0.15) is 0 Å². The van der Waals surface area contributed by atoms with Gasteiger partial charge in [0.15, 0.2) is 0 Å². The van der Waals surface area contributed by atoms with Gasteiger partial charge < -0.3 is 28.8 Å². The Kier molecular flexibility index (Phi) is 62.7. The number of nitrogens with one attached hydrogen (secondary N) is 1. The third-order valence-corrected chi connectivity index (χ3v) is 17.9. The monoisotopic (exact) mass is 1160 g/mol. The van der Waals surface area contributed by atoms with E-state index in [0.29, 0.717) is 17.4 Å². The van der Waals surface area contributed by atoms with Crippen molar-refractivity contribution in [1.82, 2.24) is 5.32 Å². The molecule has 9 heteroatoms. The first-order valence-electron chi connectivity index (χ1n) is 36.2. The van der Waals surface area contributed by atoms with Crippen LogP contribution < -0.4 is 10.2 Å². The van der Waals surface area contributed by atoms with Crippen molar-refractivity contribution in [2.75, 3.05) is 40.9 Å². The number of phosphoric acid groups is 1. The molecule has 0 rings (SSSR count). The van der Waals surface area contributed by atoms with Crippen molar-refractivity contribution in [3.63, 3.8) is 0 Å². The van der Waals surface area contributed by atoms with Crippen molar-refractivity contribution in [3.05, 3.63) is 24.3 Å². The zero-order chi connectivity index (χ0) is 59.1. The predicted octanol–water partition coefficient (Wildman–Crippen LogP) is 22.4. The van der Waals surface area contributed by atoms with Crippen LogP contribution in [0.2, 0.25) is 0 Å². The zero-order valence-corrected chi connectivity index (χ0v) is 56.2. The van der Waals surface area contributed by atoms with Crippen LogP contribution >= 0.6 is 7.82 Å². The van der Waals surface area contributed by atoms with Crippen LogP contribution in [0.1, 0.15) is 380 Å². The third kappa shape index (κ3) is 66.4. The molecule has 0 aliphatic heterocycles. The lowest BCUT2D eigenvalue weighted by molar-refractivity contribution is -0.870. The van der Waals surface area contributed by atoms with Crippen LogP contribution in [0.3, 0.4) is 0 Å². The maximum Gasteiger partial charge on any atom is 0.268 e. The SMILES string of the molecule is CCCCCCCCCCCCCCCCCCCCCCCCC/C=C/CC/C=C/C(O)C(COP(=O)([O-])OCC[N+](C)(C)C)NC(=O)CCCCCCCCCCCCCCCCCCCCCCCCCCCCCCCC. The van der Waals surface area contributed by atoms with Crippen LogP contribution in [0.4, 0.5) is 0 Å². The van der Waals surface area contributed by atoms with Gasteiger partial charge in [-0.25, -0.2) is 0 Å². The van der Waals surface area contributed by atoms with Crippen molar-refractivity contribution in [3.8, 4) is 0 Å². The number of phosphoric ester groups is 1. The summed E-state index contributed by atoms with van der Waals surface area (Å²) >= 11 is 0. The summed E-state index contributed by atoms with van der Waals surface area (Å²) in [5, 5.41) is 14.0. The Morgan fingerprint density at radius 1 is 0.420 bits per heavy atom. The molecule has 1 amide bonds. The van der Waals surface area contributed by atoms with E-state index in [2.05, 4.69) is 31.3 Å². The van der Waals surface area contributed by atoms with E-state index in [9.17, 15) is 19.4 Å². The molecule has 0 aromatic rings. The molecule has 81 heavy (non-hydrogen) atoms. The highest BCUT2D eigenvalue weighted by Gasteiger charge is 2.23. The van der Waals surface area contributed by atoms with E-state index >= 15 is 0 Å². The Hall–Kier alpha value is -1.02. The Bertz CT molecular complexity index is 1370. The lowest BCUT2D eigenvalue weighted by atomic mass is 10.0. The highest BCUT2D eigenvalue weighted by Crippen LogP contribution is 2.38. The second kappa shape index (κ2) is 63.5. The minimum atomic E-state index is -4.61. The molecule has 3 unspecified atom stereocenters. The summed E-state index contributed by atoms with van der Waals surface area (Å²) in [7, 11) is 1.26. The summed E-state index contributed by atoms with van der Waals surface area (Å²) in [4.78, 5) is 25.6. The lowest BCUT2D eigenvalue weighted by Crippen LogP contribution is -2.45. The zero-order valence-electron chi connectivity index (χ0n) is 55.3. The van der Waals surface area contributed by atoms with Crippen molar-refractivity contribution in [2.24, 2.45) is 0 Å². The van der Waals surface area contributed by atoms with Crippen molar-refractivity contribution in [1.29, 1.82) is 0 Å². The van der Waals surface area contributed by atoms with Gasteiger partial charge in [0.1, 0.15) is 13.2 Å². The maximum atomic E-state index is 13.0. The van der Waals surface area contributed by atoms with Gasteiger partial charge in [-0.1, -0.05) is 366 Å². The minimum absolute atomic E-state index is 0.00336. The molecule has 0 heterocycles. The molecule has 3 atom stereocenters. The average Bonchev–Trinajstić information content (AvgIpc) is 3.43. The number of hydrogen-bond acceptors (Lipinski definition) is 6. The highest BCUT2D eigenvalue weighted by molar-refractivity contribution is 7.45. The quantitative estimate of drug-likeness (QED) is 0.0272. The second-order valence-electron chi connectivity index (χ2n) is 26.3. The lowest BCUT2D eigenvalue weighted by Gasteiger charge is -2.29.